The van der Waals surface area contributed by atoms with Crippen LogP contribution in [0.3, 0.4) is 0 Å². The predicted molar refractivity (Wildman–Crippen MR) is 61.9 cm³/mol. The summed E-state index contributed by atoms with van der Waals surface area (Å²) in [6.45, 7) is 0.180. The topological polar surface area (TPSA) is 59.4 Å². The van der Waals surface area contributed by atoms with E-state index in [1.54, 1.807) is 24.5 Å². The van der Waals surface area contributed by atoms with Gasteiger partial charge in [-0.2, -0.15) is 0 Å². The minimum absolute atomic E-state index is 0.132. The first-order chi connectivity index (χ1) is 8.66. The molecule has 0 aliphatic carbocycles. The first-order valence-corrected chi connectivity index (χ1v) is 5.21. The molecule has 18 heavy (non-hydrogen) atoms. The Morgan fingerprint density at radius 3 is 2.89 bits per heavy atom. The highest BCUT2D eigenvalue weighted by Gasteiger charge is 2.12. The van der Waals surface area contributed by atoms with Crippen LogP contribution in [0, 0.1) is 5.82 Å². The third-order valence-electron chi connectivity index (χ3n) is 2.29. The average Bonchev–Trinajstić information content (AvgIpc) is 2.38. The summed E-state index contributed by atoms with van der Waals surface area (Å²) in [5.41, 5.74) is 0.608. The molecule has 0 saturated heterocycles. The lowest BCUT2D eigenvalue weighted by Crippen LogP contribution is -2.04. The zero-order valence-electron chi connectivity index (χ0n) is 9.34. The molecule has 0 fully saturated rings. The number of rotatable bonds is 4. The monoisotopic (exact) mass is 247 g/mol. The van der Waals surface area contributed by atoms with Gasteiger partial charge in [0.15, 0.2) is 0 Å². The number of pyridine rings is 1. The third kappa shape index (κ3) is 2.82. The van der Waals surface area contributed by atoms with E-state index in [1.807, 2.05) is 0 Å². The Morgan fingerprint density at radius 2 is 2.22 bits per heavy atom. The highest BCUT2D eigenvalue weighted by molar-refractivity contribution is 5.90. The number of ether oxygens (including phenoxy) is 1. The Hall–Kier alpha value is -2.43. The molecule has 2 aromatic rings. The van der Waals surface area contributed by atoms with Crippen LogP contribution in [-0.2, 0) is 6.61 Å². The Morgan fingerprint density at radius 1 is 1.39 bits per heavy atom. The van der Waals surface area contributed by atoms with Crippen molar-refractivity contribution in [2.75, 3.05) is 0 Å². The van der Waals surface area contributed by atoms with Crippen LogP contribution >= 0.6 is 0 Å². The van der Waals surface area contributed by atoms with Gasteiger partial charge in [0.1, 0.15) is 23.7 Å². The highest BCUT2D eigenvalue weighted by Crippen LogP contribution is 2.20. The van der Waals surface area contributed by atoms with Crippen LogP contribution in [0.4, 0.5) is 4.39 Å². The number of nitrogens with zero attached hydrogens (tertiary/aromatic N) is 1. The molecule has 0 saturated carbocycles. The molecule has 1 aromatic heterocycles. The number of carboxylic acid groups (broad SMARTS) is 1. The zero-order valence-corrected chi connectivity index (χ0v) is 9.34. The van der Waals surface area contributed by atoms with E-state index in [2.05, 4.69) is 4.98 Å². The quantitative estimate of drug-likeness (QED) is 0.901. The SMILES string of the molecule is O=C(O)c1cc(F)ccc1OCc1cccnc1. The number of halogens is 1. The number of hydrogen-bond donors (Lipinski definition) is 1. The van der Waals surface area contributed by atoms with Crippen LogP contribution in [0.2, 0.25) is 0 Å². The molecular formula is C13H10FNO3. The van der Waals surface area contributed by atoms with Gasteiger partial charge in [0.25, 0.3) is 0 Å². The second kappa shape index (κ2) is 5.27. The summed E-state index contributed by atoms with van der Waals surface area (Å²) in [4.78, 5) is 14.8. The van der Waals surface area contributed by atoms with Gasteiger partial charge in [-0.3, -0.25) is 4.98 Å². The average molecular weight is 247 g/mol. The largest absolute Gasteiger partial charge is 0.488 e. The van der Waals surface area contributed by atoms with Crippen molar-refractivity contribution in [1.29, 1.82) is 0 Å². The first kappa shape index (κ1) is 12.0. The number of carboxylic acids is 1. The van der Waals surface area contributed by atoms with Gasteiger partial charge in [0.2, 0.25) is 0 Å². The second-order valence-electron chi connectivity index (χ2n) is 3.60. The number of benzene rings is 1. The van der Waals surface area contributed by atoms with Crippen molar-refractivity contribution in [2.24, 2.45) is 0 Å². The predicted octanol–water partition coefficient (Wildman–Crippen LogP) is 2.50. The lowest BCUT2D eigenvalue weighted by Gasteiger charge is -2.08. The summed E-state index contributed by atoms with van der Waals surface area (Å²) in [6.07, 6.45) is 3.24. The standard InChI is InChI=1S/C13H10FNO3/c14-10-3-4-12(11(6-10)13(16)17)18-8-9-2-1-5-15-7-9/h1-7H,8H2,(H,16,17). The van der Waals surface area contributed by atoms with Gasteiger partial charge < -0.3 is 9.84 Å². The van der Waals surface area contributed by atoms with Gasteiger partial charge in [0.05, 0.1) is 0 Å². The minimum Gasteiger partial charge on any atom is -0.488 e. The number of carbonyl (C=O) groups is 1. The molecule has 5 heteroatoms. The summed E-state index contributed by atoms with van der Waals surface area (Å²) in [5.74, 6) is -1.70. The maximum Gasteiger partial charge on any atom is 0.339 e. The van der Waals surface area contributed by atoms with E-state index in [0.717, 1.165) is 17.7 Å². The molecule has 0 bridgehead atoms. The molecule has 0 atom stereocenters. The van der Waals surface area contributed by atoms with Gasteiger partial charge in [-0.25, -0.2) is 9.18 Å². The van der Waals surface area contributed by atoms with Gasteiger partial charge in [0, 0.05) is 18.0 Å². The van der Waals surface area contributed by atoms with Crippen molar-refractivity contribution < 1.29 is 19.0 Å². The van der Waals surface area contributed by atoms with Crippen molar-refractivity contribution in [3.05, 3.63) is 59.7 Å². The molecule has 0 spiro atoms. The summed E-state index contributed by atoms with van der Waals surface area (Å²) in [5, 5.41) is 8.93. The Bertz CT molecular complexity index is 557. The fraction of sp³-hybridized carbons (Fsp3) is 0.0769. The van der Waals surface area contributed by atoms with Crippen LogP contribution in [0.1, 0.15) is 15.9 Å². The smallest absolute Gasteiger partial charge is 0.339 e. The van der Waals surface area contributed by atoms with Crippen molar-refractivity contribution in [3.63, 3.8) is 0 Å². The molecule has 0 aliphatic heterocycles. The van der Waals surface area contributed by atoms with Crippen LogP contribution < -0.4 is 4.74 Å². The molecule has 0 radical (unpaired) electrons. The van der Waals surface area contributed by atoms with E-state index in [4.69, 9.17) is 9.84 Å². The summed E-state index contributed by atoms with van der Waals surface area (Å²) < 4.78 is 18.3. The maximum atomic E-state index is 12.9. The van der Waals surface area contributed by atoms with Gasteiger partial charge in [-0.15, -0.1) is 0 Å². The van der Waals surface area contributed by atoms with Gasteiger partial charge in [-0.05, 0) is 24.3 Å². The number of aromatic carboxylic acids is 1. The van der Waals surface area contributed by atoms with E-state index in [-0.39, 0.29) is 17.9 Å². The van der Waals surface area contributed by atoms with E-state index < -0.39 is 11.8 Å². The third-order valence-corrected chi connectivity index (χ3v) is 2.29. The zero-order chi connectivity index (χ0) is 13.0. The number of aromatic nitrogens is 1. The van der Waals surface area contributed by atoms with Crippen molar-refractivity contribution in [2.45, 2.75) is 6.61 Å². The van der Waals surface area contributed by atoms with Crippen LogP contribution in [-0.4, -0.2) is 16.1 Å². The minimum atomic E-state index is -1.23. The van der Waals surface area contributed by atoms with Crippen molar-refractivity contribution in [1.82, 2.24) is 4.98 Å². The highest BCUT2D eigenvalue weighted by atomic mass is 19.1. The molecule has 0 amide bonds. The normalized spacial score (nSPS) is 10.1. The van der Waals surface area contributed by atoms with E-state index in [0.29, 0.717) is 0 Å². The Balaban J connectivity index is 2.17. The Kier molecular flexibility index (Phi) is 3.52. The van der Waals surface area contributed by atoms with E-state index >= 15 is 0 Å². The first-order valence-electron chi connectivity index (χ1n) is 5.21. The molecule has 0 unspecified atom stereocenters. The molecule has 1 N–H and O–H groups in total. The van der Waals surface area contributed by atoms with Gasteiger partial charge >= 0.3 is 5.97 Å². The summed E-state index contributed by atoms with van der Waals surface area (Å²) >= 11 is 0. The fourth-order valence-electron chi connectivity index (χ4n) is 1.44. The second-order valence-corrected chi connectivity index (χ2v) is 3.60. The van der Waals surface area contributed by atoms with E-state index in [9.17, 15) is 9.18 Å². The Labute approximate surface area is 103 Å². The maximum absolute atomic E-state index is 12.9. The molecule has 2 rings (SSSR count). The molecule has 1 heterocycles. The summed E-state index contributed by atoms with van der Waals surface area (Å²) in [7, 11) is 0. The molecule has 1 aromatic carbocycles. The van der Waals surface area contributed by atoms with Crippen LogP contribution in [0.25, 0.3) is 0 Å². The van der Waals surface area contributed by atoms with Crippen LogP contribution in [0.15, 0.2) is 42.7 Å². The lowest BCUT2D eigenvalue weighted by molar-refractivity contribution is 0.0691. The van der Waals surface area contributed by atoms with Crippen molar-refractivity contribution >= 4 is 5.97 Å². The van der Waals surface area contributed by atoms with E-state index in [1.165, 1.54) is 6.07 Å². The fourth-order valence-corrected chi connectivity index (χ4v) is 1.44. The molecule has 92 valence electrons. The molecular weight excluding hydrogens is 237 g/mol. The molecule has 4 nitrogen and oxygen atoms in total. The number of hydrogen-bond acceptors (Lipinski definition) is 3. The lowest BCUT2D eigenvalue weighted by atomic mass is 10.2. The van der Waals surface area contributed by atoms with Crippen molar-refractivity contribution in [3.8, 4) is 5.75 Å². The van der Waals surface area contributed by atoms with Crippen LogP contribution in [0.5, 0.6) is 5.75 Å². The summed E-state index contributed by atoms with van der Waals surface area (Å²) in [6, 6.07) is 6.94. The van der Waals surface area contributed by atoms with Gasteiger partial charge in [-0.1, -0.05) is 6.07 Å². The molecule has 0 aliphatic rings.